The molecule has 2 heterocycles. The molecule has 0 aliphatic carbocycles. The Morgan fingerprint density at radius 1 is 1.07 bits per heavy atom. The van der Waals surface area contributed by atoms with Crippen molar-refractivity contribution in [1.29, 1.82) is 0 Å². The van der Waals surface area contributed by atoms with E-state index in [0.717, 1.165) is 42.6 Å². The van der Waals surface area contributed by atoms with E-state index in [-0.39, 0.29) is 24.9 Å². The highest BCUT2D eigenvalue weighted by atomic mass is 16.5. The molecule has 4 rings (SSSR count). The fourth-order valence-corrected chi connectivity index (χ4v) is 5.08. The van der Waals surface area contributed by atoms with Crippen molar-refractivity contribution in [3.63, 3.8) is 0 Å². The van der Waals surface area contributed by atoms with Crippen LogP contribution in [0.2, 0.25) is 0 Å². The first-order valence-corrected chi connectivity index (χ1v) is 16.1. The molecular formula is C35H48N6O5. The Labute approximate surface area is 271 Å². The summed E-state index contributed by atoms with van der Waals surface area (Å²) in [6.45, 7) is 9.65. The number of nitrogens with one attached hydrogen (secondary N) is 2. The SMILES string of the molecule is CCCCOc1ccc(C(C(=O)N2CCC(C)CC2)n2cnc(NC(=O)[C@@H](COCc3ccccc3)NC(=O)C(C)(C)N)c2)cc1. The van der Waals surface area contributed by atoms with Gasteiger partial charge in [0.15, 0.2) is 5.82 Å². The summed E-state index contributed by atoms with van der Waals surface area (Å²) in [5.74, 6) is 0.516. The molecule has 0 spiro atoms. The molecule has 3 amide bonds. The summed E-state index contributed by atoms with van der Waals surface area (Å²) >= 11 is 0. The number of unbranched alkanes of at least 4 members (excludes halogenated alkanes) is 1. The Morgan fingerprint density at radius 3 is 2.41 bits per heavy atom. The average molecular weight is 633 g/mol. The lowest BCUT2D eigenvalue weighted by atomic mass is 9.97. The van der Waals surface area contributed by atoms with Crippen molar-refractivity contribution in [3.8, 4) is 5.75 Å². The number of likely N-dealkylation sites (tertiary alicyclic amines) is 1. The highest BCUT2D eigenvalue weighted by Crippen LogP contribution is 2.27. The minimum absolute atomic E-state index is 0.0357. The maximum atomic E-state index is 14.0. The number of aromatic nitrogens is 2. The zero-order chi connectivity index (χ0) is 33.1. The van der Waals surface area contributed by atoms with Crippen LogP contribution in [-0.4, -0.2) is 70.1 Å². The molecule has 11 nitrogen and oxygen atoms in total. The zero-order valence-electron chi connectivity index (χ0n) is 27.4. The van der Waals surface area contributed by atoms with E-state index >= 15 is 0 Å². The summed E-state index contributed by atoms with van der Waals surface area (Å²) in [7, 11) is 0. The molecule has 4 N–H and O–H groups in total. The molecule has 0 saturated carbocycles. The number of hydrogen-bond donors (Lipinski definition) is 3. The van der Waals surface area contributed by atoms with E-state index in [9.17, 15) is 14.4 Å². The van der Waals surface area contributed by atoms with Gasteiger partial charge in [0.2, 0.25) is 11.8 Å². The predicted octanol–water partition coefficient (Wildman–Crippen LogP) is 4.29. The van der Waals surface area contributed by atoms with Crippen molar-refractivity contribution in [1.82, 2.24) is 19.8 Å². The Kier molecular flexibility index (Phi) is 12.3. The predicted molar refractivity (Wildman–Crippen MR) is 177 cm³/mol. The summed E-state index contributed by atoms with van der Waals surface area (Å²) in [4.78, 5) is 46.4. The molecule has 1 aliphatic heterocycles. The van der Waals surface area contributed by atoms with Crippen molar-refractivity contribution in [2.45, 2.75) is 77.6 Å². The van der Waals surface area contributed by atoms with Crippen LogP contribution >= 0.6 is 0 Å². The van der Waals surface area contributed by atoms with E-state index in [4.69, 9.17) is 15.2 Å². The summed E-state index contributed by atoms with van der Waals surface area (Å²) in [6.07, 6.45) is 7.09. The lowest BCUT2D eigenvalue weighted by Gasteiger charge is -2.33. The van der Waals surface area contributed by atoms with Crippen molar-refractivity contribution in [3.05, 3.63) is 78.2 Å². The summed E-state index contributed by atoms with van der Waals surface area (Å²) in [5.41, 5.74) is 6.51. The number of anilines is 1. The molecule has 0 radical (unpaired) electrons. The van der Waals surface area contributed by atoms with Crippen LogP contribution in [-0.2, 0) is 25.7 Å². The van der Waals surface area contributed by atoms with Gasteiger partial charge in [-0.25, -0.2) is 4.98 Å². The number of piperidine rings is 1. The number of imidazole rings is 1. The molecule has 1 aromatic heterocycles. The second-order valence-electron chi connectivity index (χ2n) is 12.6. The molecule has 0 bridgehead atoms. The molecule has 1 fully saturated rings. The van der Waals surface area contributed by atoms with Crippen LogP contribution in [0, 0.1) is 5.92 Å². The average Bonchev–Trinajstić information content (AvgIpc) is 3.49. The fourth-order valence-electron chi connectivity index (χ4n) is 5.08. The van der Waals surface area contributed by atoms with Crippen LogP contribution in [0.1, 0.15) is 70.5 Å². The van der Waals surface area contributed by atoms with E-state index < -0.39 is 29.4 Å². The third-order valence-electron chi connectivity index (χ3n) is 8.05. The van der Waals surface area contributed by atoms with E-state index in [1.165, 1.54) is 0 Å². The number of carbonyl (C=O) groups excluding carboxylic acids is 3. The summed E-state index contributed by atoms with van der Waals surface area (Å²) < 4.78 is 13.4. The van der Waals surface area contributed by atoms with E-state index in [2.05, 4.69) is 29.5 Å². The van der Waals surface area contributed by atoms with Crippen LogP contribution in [0.5, 0.6) is 5.75 Å². The maximum Gasteiger partial charge on any atom is 0.250 e. The van der Waals surface area contributed by atoms with Gasteiger partial charge >= 0.3 is 0 Å². The van der Waals surface area contributed by atoms with E-state index in [0.29, 0.717) is 25.6 Å². The molecular weight excluding hydrogens is 584 g/mol. The third kappa shape index (κ3) is 9.89. The molecule has 248 valence electrons. The van der Waals surface area contributed by atoms with Crippen molar-refractivity contribution < 1.29 is 23.9 Å². The largest absolute Gasteiger partial charge is 0.494 e. The highest BCUT2D eigenvalue weighted by Gasteiger charge is 2.31. The Balaban J connectivity index is 1.51. The third-order valence-corrected chi connectivity index (χ3v) is 8.05. The molecule has 46 heavy (non-hydrogen) atoms. The summed E-state index contributed by atoms with van der Waals surface area (Å²) in [6, 6.07) is 15.4. The first-order valence-electron chi connectivity index (χ1n) is 16.1. The standard InChI is InChI=1S/C35H48N6O5/c1-5-6-20-46-28-14-12-27(13-15-28)31(33(43)40-18-16-25(2)17-19-40)41-21-30(37-24-41)39-32(42)29(38-34(44)35(3,4)36)23-45-22-26-10-8-7-9-11-26/h7-15,21,24-25,29,31H,5-6,16-20,22-23,36H2,1-4H3,(H,38,44)(H,39,42)/t29-,31?/m1/s1. The molecule has 1 aliphatic rings. The number of hydrogen-bond acceptors (Lipinski definition) is 7. The van der Waals surface area contributed by atoms with Gasteiger partial charge in [-0.2, -0.15) is 0 Å². The van der Waals surface area contributed by atoms with Gasteiger partial charge in [-0.3, -0.25) is 14.4 Å². The number of rotatable bonds is 15. The number of carbonyl (C=O) groups is 3. The summed E-state index contributed by atoms with van der Waals surface area (Å²) in [5, 5.41) is 5.48. The molecule has 2 atom stereocenters. The molecule has 3 aromatic rings. The van der Waals surface area contributed by atoms with Gasteiger partial charge in [-0.05, 0) is 62.3 Å². The van der Waals surface area contributed by atoms with Gasteiger partial charge in [-0.15, -0.1) is 0 Å². The van der Waals surface area contributed by atoms with Crippen LogP contribution in [0.25, 0.3) is 0 Å². The monoisotopic (exact) mass is 632 g/mol. The minimum atomic E-state index is -1.20. The molecule has 2 aromatic carbocycles. The molecule has 1 saturated heterocycles. The topological polar surface area (TPSA) is 141 Å². The number of nitrogens with zero attached hydrogens (tertiary/aromatic N) is 3. The van der Waals surface area contributed by atoms with Crippen molar-refractivity contribution in [2.24, 2.45) is 11.7 Å². The number of benzene rings is 2. The number of ether oxygens (including phenoxy) is 2. The van der Waals surface area contributed by atoms with Crippen molar-refractivity contribution >= 4 is 23.5 Å². The second kappa shape index (κ2) is 16.4. The highest BCUT2D eigenvalue weighted by molar-refractivity contribution is 5.98. The lowest BCUT2D eigenvalue weighted by Crippen LogP contribution is -2.56. The quantitative estimate of drug-likeness (QED) is 0.212. The fraction of sp³-hybridized carbons (Fsp3) is 0.486. The van der Waals surface area contributed by atoms with E-state index in [1.807, 2.05) is 59.5 Å². The molecule has 1 unspecified atom stereocenters. The van der Waals surface area contributed by atoms with Gasteiger partial charge in [0, 0.05) is 19.3 Å². The zero-order valence-corrected chi connectivity index (χ0v) is 27.4. The van der Waals surface area contributed by atoms with Gasteiger partial charge in [0.1, 0.15) is 17.8 Å². The Morgan fingerprint density at radius 2 is 1.76 bits per heavy atom. The Bertz CT molecular complexity index is 1410. The maximum absolute atomic E-state index is 14.0. The van der Waals surface area contributed by atoms with E-state index in [1.54, 1.807) is 30.9 Å². The Hall–Kier alpha value is -4.22. The molecule has 11 heteroatoms. The first-order chi connectivity index (χ1) is 22.0. The lowest BCUT2D eigenvalue weighted by molar-refractivity contribution is -0.135. The van der Waals surface area contributed by atoms with Crippen molar-refractivity contribution in [2.75, 3.05) is 31.6 Å². The smallest absolute Gasteiger partial charge is 0.250 e. The van der Waals surface area contributed by atoms with Gasteiger partial charge in [-0.1, -0.05) is 62.7 Å². The van der Waals surface area contributed by atoms with Crippen LogP contribution in [0.15, 0.2) is 67.1 Å². The normalized spacial score (nSPS) is 15.2. The second-order valence-corrected chi connectivity index (χ2v) is 12.6. The van der Waals surface area contributed by atoms with Crippen LogP contribution in [0.4, 0.5) is 5.82 Å². The van der Waals surface area contributed by atoms with Gasteiger partial charge in [0.05, 0.1) is 31.7 Å². The van der Waals surface area contributed by atoms with Crippen LogP contribution < -0.4 is 21.1 Å². The van der Waals surface area contributed by atoms with Crippen LogP contribution in [0.3, 0.4) is 0 Å². The van der Waals surface area contributed by atoms with Gasteiger partial charge in [0.25, 0.3) is 5.91 Å². The minimum Gasteiger partial charge on any atom is -0.494 e. The first kappa shape index (κ1) is 34.6. The van der Waals surface area contributed by atoms with Gasteiger partial charge < -0.3 is 35.3 Å². The number of amides is 3. The number of nitrogens with two attached hydrogens (primary N) is 1.